The molecule has 0 saturated carbocycles. The lowest BCUT2D eigenvalue weighted by Gasteiger charge is -2.31. The minimum absolute atomic E-state index is 0.0651. The molecule has 0 N–H and O–H groups in total. The fourth-order valence-electron chi connectivity index (χ4n) is 2.46. The molecule has 1 fully saturated rings. The van der Waals surface area contributed by atoms with Crippen molar-refractivity contribution in [2.75, 3.05) is 13.1 Å². The molecule has 7 nitrogen and oxygen atoms in total. The Labute approximate surface area is 120 Å². The maximum Gasteiger partial charge on any atom is 0.244 e. The summed E-state index contributed by atoms with van der Waals surface area (Å²) in [6.07, 6.45) is 3.58. The number of rotatable bonds is 3. The van der Waals surface area contributed by atoms with E-state index in [1.54, 1.807) is 11.3 Å². The number of thiazole rings is 1. The average molecular weight is 292 g/mol. The lowest BCUT2D eigenvalue weighted by atomic mass is 9.98. The van der Waals surface area contributed by atoms with E-state index in [0.29, 0.717) is 5.92 Å². The quantitative estimate of drug-likeness (QED) is 0.838. The molecule has 2 aromatic heterocycles. The van der Waals surface area contributed by atoms with Gasteiger partial charge in [-0.25, -0.2) is 9.67 Å². The van der Waals surface area contributed by atoms with Crippen molar-refractivity contribution in [1.82, 2.24) is 30.1 Å². The van der Waals surface area contributed by atoms with E-state index >= 15 is 0 Å². The molecule has 0 aliphatic carbocycles. The Bertz CT molecular complexity index is 581. The number of hydrogen-bond acceptors (Lipinski definition) is 6. The summed E-state index contributed by atoms with van der Waals surface area (Å²) in [5, 5.41) is 14.0. The number of amides is 1. The third-order valence-electron chi connectivity index (χ3n) is 3.45. The average Bonchev–Trinajstić information content (AvgIpc) is 3.10. The van der Waals surface area contributed by atoms with Crippen LogP contribution in [0.2, 0.25) is 0 Å². The smallest absolute Gasteiger partial charge is 0.244 e. The van der Waals surface area contributed by atoms with E-state index in [9.17, 15) is 4.79 Å². The van der Waals surface area contributed by atoms with E-state index in [2.05, 4.69) is 25.9 Å². The van der Waals surface area contributed by atoms with Gasteiger partial charge in [0.2, 0.25) is 5.91 Å². The molecule has 2 aromatic rings. The van der Waals surface area contributed by atoms with E-state index in [4.69, 9.17) is 0 Å². The Kier molecular flexibility index (Phi) is 3.72. The standard InChI is InChI=1S/C12H16N6OS/c1-9-7-20-12(14-9)10-3-2-4-17(5-10)11(19)6-18-8-13-15-16-18/h7-8,10H,2-6H2,1H3. The van der Waals surface area contributed by atoms with Crippen LogP contribution in [0.5, 0.6) is 0 Å². The van der Waals surface area contributed by atoms with Crippen molar-refractivity contribution in [2.45, 2.75) is 32.2 Å². The Hall–Kier alpha value is -1.83. The minimum Gasteiger partial charge on any atom is -0.340 e. The van der Waals surface area contributed by atoms with Crippen molar-refractivity contribution in [1.29, 1.82) is 0 Å². The molecule has 1 aliphatic rings. The first-order valence-corrected chi connectivity index (χ1v) is 7.51. The molecule has 0 spiro atoms. The molecular weight excluding hydrogens is 276 g/mol. The van der Waals surface area contributed by atoms with Gasteiger partial charge >= 0.3 is 0 Å². The van der Waals surface area contributed by atoms with E-state index in [1.165, 1.54) is 11.0 Å². The van der Waals surface area contributed by atoms with Gasteiger partial charge in [0, 0.05) is 30.1 Å². The van der Waals surface area contributed by atoms with Gasteiger partial charge in [-0.3, -0.25) is 4.79 Å². The van der Waals surface area contributed by atoms with Gasteiger partial charge in [0.25, 0.3) is 0 Å². The van der Waals surface area contributed by atoms with Gasteiger partial charge in [-0.2, -0.15) is 0 Å². The zero-order valence-corrected chi connectivity index (χ0v) is 12.1. The molecule has 1 amide bonds. The Morgan fingerprint density at radius 3 is 3.15 bits per heavy atom. The van der Waals surface area contributed by atoms with Crippen LogP contribution in [-0.4, -0.2) is 49.1 Å². The Balaban J connectivity index is 1.64. The van der Waals surface area contributed by atoms with E-state index in [-0.39, 0.29) is 12.5 Å². The lowest BCUT2D eigenvalue weighted by molar-refractivity contribution is -0.133. The molecule has 1 aliphatic heterocycles. The highest BCUT2D eigenvalue weighted by molar-refractivity contribution is 7.09. The molecule has 0 aromatic carbocycles. The van der Waals surface area contributed by atoms with Gasteiger partial charge in [-0.05, 0) is 30.2 Å². The Morgan fingerprint density at radius 2 is 2.45 bits per heavy atom. The van der Waals surface area contributed by atoms with Crippen molar-refractivity contribution in [3.63, 3.8) is 0 Å². The number of carbonyl (C=O) groups is 1. The second-order valence-electron chi connectivity index (χ2n) is 5.01. The van der Waals surface area contributed by atoms with Gasteiger partial charge in [0.1, 0.15) is 12.9 Å². The van der Waals surface area contributed by atoms with Crippen LogP contribution in [0.1, 0.15) is 29.5 Å². The molecule has 0 bridgehead atoms. The summed E-state index contributed by atoms with van der Waals surface area (Å²) >= 11 is 1.69. The monoisotopic (exact) mass is 292 g/mol. The first kappa shape index (κ1) is 13.2. The van der Waals surface area contributed by atoms with Gasteiger partial charge in [0.05, 0.1) is 5.01 Å². The number of tetrazole rings is 1. The summed E-state index contributed by atoms with van der Waals surface area (Å²) in [5.74, 6) is 0.426. The number of likely N-dealkylation sites (tertiary alicyclic amines) is 1. The van der Waals surface area contributed by atoms with Crippen molar-refractivity contribution < 1.29 is 4.79 Å². The first-order chi connectivity index (χ1) is 9.72. The Morgan fingerprint density at radius 1 is 1.55 bits per heavy atom. The molecule has 106 valence electrons. The fraction of sp³-hybridized carbons (Fsp3) is 0.583. The normalized spacial score (nSPS) is 19.2. The highest BCUT2D eigenvalue weighted by Gasteiger charge is 2.26. The van der Waals surface area contributed by atoms with Crippen LogP contribution < -0.4 is 0 Å². The second-order valence-corrected chi connectivity index (χ2v) is 5.90. The topological polar surface area (TPSA) is 76.8 Å². The molecular formula is C12H16N6OS. The zero-order valence-electron chi connectivity index (χ0n) is 11.3. The summed E-state index contributed by atoms with van der Waals surface area (Å²) in [7, 11) is 0. The van der Waals surface area contributed by atoms with Crippen LogP contribution in [0.15, 0.2) is 11.7 Å². The van der Waals surface area contributed by atoms with Crippen LogP contribution in [0.25, 0.3) is 0 Å². The van der Waals surface area contributed by atoms with Gasteiger partial charge in [0.15, 0.2) is 0 Å². The minimum atomic E-state index is 0.0651. The summed E-state index contributed by atoms with van der Waals surface area (Å²) in [6.45, 7) is 3.76. The number of aryl methyl sites for hydroxylation is 1. The van der Waals surface area contributed by atoms with Crippen molar-refractivity contribution in [2.24, 2.45) is 0 Å². The largest absolute Gasteiger partial charge is 0.340 e. The molecule has 0 radical (unpaired) electrons. The summed E-state index contributed by atoms with van der Waals surface area (Å²) in [6, 6.07) is 0. The predicted octanol–water partition coefficient (Wildman–Crippen LogP) is 0.844. The zero-order chi connectivity index (χ0) is 13.9. The van der Waals surface area contributed by atoms with Crippen LogP contribution in [0.3, 0.4) is 0 Å². The summed E-state index contributed by atoms with van der Waals surface area (Å²) in [5.41, 5.74) is 1.06. The SMILES string of the molecule is Cc1csc(C2CCCN(C(=O)Cn3cnnn3)C2)n1. The molecule has 20 heavy (non-hydrogen) atoms. The van der Waals surface area contributed by atoms with Crippen LogP contribution in [0.4, 0.5) is 0 Å². The van der Waals surface area contributed by atoms with Crippen LogP contribution in [0, 0.1) is 6.92 Å². The summed E-state index contributed by atoms with van der Waals surface area (Å²) in [4.78, 5) is 18.7. The number of nitrogens with zero attached hydrogens (tertiary/aromatic N) is 6. The third-order valence-corrected chi connectivity index (χ3v) is 4.57. The number of hydrogen-bond donors (Lipinski definition) is 0. The van der Waals surface area contributed by atoms with Gasteiger partial charge < -0.3 is 4.90 Å². The number of carbonyl (C=O) groups excluding carboxylic acids is 1. The van der Waals surface area contributed by atoms with E-state index in [0.717, 1.165) is 36.6 Å². The maximum absolute atomic E-state index is 12.2. The lowest BCUT2D eigenvalue weighted by Crippen LogP contribution is -2.40. The second kappa shape index (κ2) is 5.66. The molecule has 1 atom stereocenters. The molecule has 8 heteroatoms. The molecule has 1 saturated heterocycles. The highest BCUT2D eigenvalue weighted by atomic mass is 32.1. The maximum atomic E-state index is 12.2. The first-order valence-electron chi connectivity index (χ1n) is 6.63. The number of piperidine rings is 1. The highest BCUT2D eigenvalue weighted by Crippen LogP contribution is 2.29. The van der Waals surface area contributed by atoms with Crippen molar-refractivity contribution in [3.05, 3.63) is 22.4 Å². The third kappa shape index (κ3) is 2.84. The molecule has 3 rings (SSSR count). The predicted molar refractivity (Wildman–Crippen MR) is 73.2 cm³/mol. The number of aromatic nitrogens is 5. The molecule has 1 unspecified atom stereocenters. The van der Waals surface area contributed by atoms with Crippen LogP contribution >= 0.6 is 11.3 Å². The van der Waals surface area contributed by atoms with Crippen molar-refractivity contribution in [3.8, 4) is 0 Å². The fourth-order valence-corrected chi connectivity index (χ4v) is 3.38. The van der Waals surface area contributed by atoms with Crippen LogP contribution in [-0.2, 0) is 11.3 Å². The molecule has 3 heterocycles. The van der Waals surface area contributed by atoms with Gasteiger partial charge in [-0.1, -0.05) is 0 Å². The van der Waals surface area contributed by atoms with Gasteiger partial charge in [-0.15, -0.1) is 16.4 Å². The van der Waals surface area contributed by atoms with E-state index in [1.807, 2.05) is 11.8 Å². The van der Waals surface area contributed by atoms with E-state index < -0.39 is 0 Å². The van der Waals surface area contributed by atoms with Crippen molar-refractivity contribution >= 4 is 17.2 Å². The summed E-state index contributed by atoms with van der Waals surface area (Å²) < 4.78 is 1.46.